The molecule has 174 valence electrons. The fourth-order valence-electron chi connectivity index (χ4n) is 3.73. The molecule has 0 unspecified atom stereocenters. The number of rotatable bonds is 4. The molecule has 2 heterocycles. The van der Waals surface area contributed by atoms with Crippen molar-refractivity contribution in [2.45, 2.75) is 20.8 Å². The van der Waals surface area contributed by atoms with Crippen LogP contribution in [0.3, 0.4) is 0 Å². The average Bonchev–Trinajstić information content (AvgIpc) is 3.48. The fraction of sp³-hybridized carbons (Fsp3) is 0.107. The van der Waals surface area contributed by atoms with Crippen molar-refractivity contribution in [3.8, 4) is 22.8 Å². The molecule has 5 aromatic rings. The highest BCUT2D eigenvalue weighted by Crippen LogP contribution is 2.27. The van der Waals surface area contributed by atoms with Gasteiger partial charge >= 0.3 is 0 Å². The van der Waals surface area contributed by atoms with Crippen molar-refractivity contribution >= 4 is 40.0 Å². The summed E-state index contributed by atoms with van der Waals surface area (Å²) in [4.78, 5) is 17.2. The summed E-state index contributed by atoms with van der Waals surface area (Å²) >= 11 is 5.35. The third kappa shape index (κ3) is 4.85. The van der Waals surface area contributed by atoms with Gasteiger partial charge in [0, 0.05) is 16.8 Å². The summed E-state index contributed by atoms with van der Waals surface area (Å²) in [6, 6.07) is 22.8. The Balaban J connectivity index is 1.27. The van der Waals surface area contributed by atoms with E-state index in [1.807, 2.05) is 74.5 Å². The summed E-state index contributed by atoms with van der Waals surface area (Å²) in [5, 5.41) is 5.86. The first-order chi connectivity index (χ1) is 16.9. The molecule has 0 aliphatic rings. The van der Waals surface area contributed by atoms with Gasteiger partial charge in [0.05, 0.1) is 0 Å². The van der Waals surface area contributed by atoms with E-state index in [2.05, 4.69) is 22.5 Å². The normalized spacial score (nSPS) is 10.9. The highest BCUT2D eigenvalue weighted by molar-refractivity contribution is 7.80. The molecule has 2 aromatic heterocycles. The number of aromatic nitrogens is 1. The molecule has 7 heteroatoms. The lowest BCUT2D eigenvalue weighted by molar-refractivity contribution is 0.0951. The molecule has 2 N–H and O–H groups in total. The number of fused-ring (bicyclic) bond motifs is 1. The van der Waals surface area contributed by atoms with Gasteiger partial charge in [-0.2, -0.15) is 0 Å². The average molecular weight is 482 g/mol. The second kappa shape index (κ2) is 9.19. The number of anilines is 1. The number of aryl methyl sites for hydroxylation is 3. The monoisotopic (exact) mass is 481 g/mol. The fourth-order valence-corrected chi connectivity index (χ4v) is 3.94. The van der Waals surface area contributed by atoms with Gasteiger partial charge in [-0.05, 0) is 98.2 Å². The van der Waals surface area contributed by atoms with E-state index in [1.165, 1.54) is 5.56 Å². The van der Waals surface area contributed by atoms with Crippen molar-refractivity contribution in [3.63, 3.8) is 0 Å². The molecule has 0 aliphatic carbocycles. The Kier molecular flexibility index (Phi) is 5.93. The van der Waals surface area contributed by atoms with Crippen LogP contribution in [-0.2, 0) is 0 Å². The van der Waals surface area contributed by atoms with Crippen LogP contribution in [0, 0.1) is 20.8 Å². The van der Waals surface area contributed by atoms with E-state index in [-0.39, 0.29) is 10.9 Å². The van der Waals surface area contributed by atoms with Crippen LogP contribution in [0.1, 0.15) is 27.2 Å². The van der Waals surface area contributed by atoms with Gasteiger partial charge in [0.1, 0.15) is 11.3 Å². The summed E-state index contributed by atoms with van der Waals surface area (Å²) in [6.45, 7) is 6.11. The quantitative estimate of drug-likeness (QED) is 0.275. The Morgan fingerprint density at radius 1 is 0.857 bits per heavy atom. The second-order valence-electron chi connectivity index (χ2n) is 8.44. The minimum Gasteiger partial charge on any atom is -0.451 e. The third-order valence-electron chi connectivity index (χ3n) is 5.76. The molecule has 5 rings (SSSR count). The molecule has 0 bridgehead atoms. The van der Waals surface area contributed by atoms with Crippen molar-refractivity contribution in [1.29, 1.82) is 0 Å². The van der Waals surface area contributed by atoms with Gasteiger partial charge in [0.25, 0.3) is 5.91 Å². The number of hydrogen-bond donors (Lipinski definition) is 2. The van der Waals surface area contributed by atoms with Gasteiger partial charge in [0.15, 0.2) is 16.5 Å². The van der Waals surface area contributed by atoms with Crippen LogP contribution in [0.25, 0.3) is 33.9 Å². The molecular formula is C28H23N3O3S. The van der Waals surface area contributed by atoms with Gasteiger partial charge in [-0.1, -0.05) is 24.3 Å². The predicted molar refractivity (Wildman–Crippen MR) is 141 cm³/mol. The number of benzene rings is 3. The maximum atomic E-state index is 12.7. The van der Waals surface area contributed by atoms with Crippen LogP contribution in [0.2, 0.25) is 0 Å². The first-order valence-electron chi connectivity index (χ1n) is 11.1. The van der Waals surface area contributed by atoms with Crippen molar-refractivity contribution in [1.82, 2.24) is 10.3 Å². The van der Waals surface area contributed by atoms with E-state index in [0.717, 1.165) is 33.4 Å². The summed E-state index contributed by atoms with van der Waals surface area (Å²) < 4.78 is 11.7. The summed E-state index contributed by atoms with van der Waals surface area (Å²) in [6.07, 6.45) is 0. The zero-order valence-electron chi connectivity index (χ0n) is 19.5. The number of furan rings is 1. The maximum absolute atomic E-state index is 12.7. The first-order valence-corrected chi connectivity index (χ1v) is 11.5. The Labute approximate surface area is 208 Å². The lowest BCUT2D eigenvalue weighted by atomic mass is 10.1. The SMILES string of the molecule is Cc1ccc2oc(-c3cccc(NC(=S)NC(=O)c4ccc(-c5ccc(C)c(C)c5)o4)c3)nc2c1. The Bertz CT molecular complexity index is 1580. The molecule has 1 amide bonds. The highest BCUT2D eigenvalue weighted by atomic mass is 32.1. The topological polar surface area (TPSA) is 80.3 Å². The largest absolute Gasteiger partial charge is 0.451 e. The Hall–Kier alpha value is -4.23. The van der Waals surface area contributed by atoms with Crippen LogP contribution < -0.4 is 10.6 Å². The van der Waals surface area contributed by atoms with E-state index in [4.69, 9.17) is 21.1 Å². The number of oxazole rings is 1. The molecule has 3 aromatic carbocycles. The molecule has 0 spiro atoms. The third-order valence-corrected chi connectivity index (χ3v) is 5.96. The Morgan fingerprint density at radius 2 is 1.71 bits per heavy atom. The number of hydrogen-bond acceptors (Lipinski definition) is 5. The molecule has 0 aliphatic heterocycles. The molecule has 0 fully saturated rings. The minimum absolute atomic E-state index is 0.157. The standard InChI is InChI=1S/C28H23N3O3S/c1-16-7-10-24-22(13-16)30-27(34-24)20-5-4-6-21(15-20)29-28(35)31-26(32)25-12-11-23(33-25)19-9-8-17(2)18(3)14-19/h4-15H,1-3H3,(H2,29,31,32,35). The predicted octanol–water partition coefficient (Wildman–Crippen LogP) is 6.81. The van der Waals surface area contributed by atoms with Crippen molar-refractivity contribution in [2.75, 3.05) is 5.32 Å². The van der Waals surface area contributed by atoms with E-state index in [1.54, 1.807) is 12.1 Å². The van der Waals surface area contributed by atoms with Gasteiger partial charge < -0.3 is 14.2 Å². The molecule has 0 radical (unpaired) electrons. The van der Waals surface area contributed by atoms with Crippen molar-refractivity contribution in [2.24, 2.45) is 0 Å². The lowest BCUT2D eigenvalue weighted by Gasteiger charge is -2.09. The lowest BCUT2D eigenvalue weighted by Crippen LogP contribution is -2.33. The van der Waals surface area contributed by atoms with Crippen LogP contribution >= 0.6 is 12.2 Å². The van der Waals surface area contributed by atoms with E-state index in [9.17, 15) is 4.79 Å². The number of thiocarbonyl (C=S) groups is 1. The first kappa shape index (κ1) is 22.6. The van der Waals surface area contributed by atoms with Gasteiger partial charge in [-0.15, -0.1) is 0 Å². The van der Waals surface area contributed by atoms with Gasteiger partial charge in [-0.25, -0.2) is 4.98 Å². The second-order valence-corrected chi connectivity index (χ2v) is 8.85. The number of amides is 1. The maximum Gasteiger partial charge on any atom is 0.293 e. The molecular weight excluding hydrogens is 458 g/mol. The van der Waals surface area contributed by atoms with Crippen molar-refractivity contribution < 1.29 is 13.6 Å². The van der Waals surface area contributed by atoms with E-state index in [0.29, 0.717) is 17.3 Å². The minimum atomic E-state index is -0.428. The molecule has 35 heavy (non-hydrogen) atoms. The van der Waals surface area contributed by atoms with Crippen molar-refractivity contribution in [3.05, 3.63) is 95.2 Å². The number of carbonyl (C=O) groups is 1. The molecule has 0 saturated carbocycles. The number of nitrogens with one attached hydrogen (secondary N) is 2. The number of nitrogens with zero attached hydrogens (tertiary/aromatic N) is 1. The summed E-state index contributed by atoms with van der Waals surface area (Å²) in [5.41, 5.74) is 7.41. The summed E-state index contributed by atoms with van der Waals surface area (Å²) in [7, 11) is 0. The Morgan fingerprint density at radius 3 is 2.54 bits per heavy atom. The summed E-state index contributed by atoms with van der Waals surface area (Å²) in [5.74, 6) is 0.887. The smallest absolute Gasteiger partial charge is 0.293 e. The zero-order valence-corrected chi connectivity index (χ0v) is 20.3. The van der Waals surface area contributed by atoms with Crippen LogP contribution in [0.4, 0.5) is 5.69 Å². The molecule has 0 saturated heterocycles. The van der Waals surface area contributed by atoms with Gasteiger partial charge in [0.2, 0.25) is 5.89 Å². The van der Waals surface area contributed by atoms with Gasteiger partial charge in [-0.3, -0.25) is 10.1 Å². The number of carbonyl (C=O) groups excluding carboxylic acids is 1. The van der Waals surface area contributed by atoms with Crippen LogP contribution in [0.15, 0.2) is 81.6 Å². The van der Waals surface area contributed by atoms with Crippen LogP contribution in [0.5, 0.6) is 0 Å². The zero-order chi connectivity index (χ0) is 24.5. The molecule has 0 atom stereocenters. The molecule has 6 nitrogen and oxygen atoms in total. The van der Waals surface area contributed by atoms with E-state index >= 15 is 0 Å². The van der Waals surface area contributed by atoms with E-state index < -0.39 is 5.91 Å². The highest BCUT2D eigenvalue weighted by Gasteiger charge is 2.15. The van der Waals surface area contributed by atoms with Crippen LogP contribution in [-0.4, -0.2) is 16.0 Å².